The summed E-state index contributed by atoms with van der Waals surface area (Å²) in [4.78, 5) is 10.5. The number of nitrogens with zero attached hydrogens (tertiary/aromatic N) is 4. The van der Waals surface area contributed by atoms with Crippen LogP contribution in [0.25, 0.3) is 0 Å². The summed E-state index contributed by atoms with van der Waals surface area (Å²) in [6, 6.07) is 4.54. The molecule has 7 nitrogen and oxygen atoms in total. The lowest BCUT2D eigenvalue weighted by Gasteiger charge is -2.11. The number of hydrogen-bond donors (Lipinski definition) is 0. The van der Waals surface area contributed by atoms with Crippen LogP contribution in [0, 0.1) is 10.1 Å². The normalized spacial score (nSPS) is 10.7. The first-order valence-electron chi connectivity index (χ1n) is 6.20. The average Bonchev–Trinajstić information content (AvgIpc) is 2.41. The maximum atomic E-state index is 11.0. The fourth-order valence-corrected chi connectivity index (χ4v) is 1.45. The predicted molar refractivity (Wildman–Crippen MR) is 71.7 cm³/mol. The molecule has 0 heterocycles. The van der Waals surface area contributed by atoms with Crippen molar-refractivity contribution in [2.75, 3.05) is 19.7 Å². The standard InChI is InChI=1S/C12H18N4O3/c1-4-15(5-2)14-13-11-8-7-10(19-6-3)9-12(11)16(17)18/h7-9H,4-6H2,1-3H3. The van der Waals surface area contributed by atoms with Crippen LogP contribution in [0.5, 0.6) is 5.75 Å². The predicted octanol–water partition coefficient (Wildman–Crippen LogP) is 3.33. The van der Waals surface area contributed by atoms with E-state index in [2.05, 4.69) is 10.3 Å². The second-order valence-corrected chi connectivity index (χ2v) is 3.67. The Kier molecular flexibility index (Phi) is 5.72. The van der Waals surface area contributed by atoms with E-state index >= 15 is 0 Å². The Morgan fingerprint density at radius 3 is 2.53 bits per heavy atom. The van der Waals surface area contributed by atoms with Gasteiger partial charge in [0.15, 0.2) is 5.69 Å². The highest BCUT2D eigenvalue weighted by molar-refractivity contribution is 5.59. The summed E-state index contributed by atoms with van der Waals surface area (Å²) >= 11 is 0. The van der Waals surface area contributed by atoms with Gasteiger partial charge in [0.05, 0.1) is 17.6 Å². The summed E-state index contributed by atoms with van der Waals surface area (Å²) in [6.07, 6.45) is 0. The molecule has 0 radical (unpaired) electrons. The van der Waals surface area contributed by atoms with E-state index < -0.39 is 4.92 Å². The monoisotopic (exact) mass is 266 g/mol. The van der Waals surface area contributed by atoms with Crippen molar-refractivity contribution in [2.24, 2.45) is 10.3 Å². The molecular weight excluding hydrogens is 248 g/mol. The SMILES string of the molecule is CCOc1ccc(N=NN(CC)CC)c([N+](=O)[O-])c1. The summed E-state index contributed by atoms with van der Waals surface area (Å²) in [5.41, 5.74) is 0.113. The van der Waals surface area contributed by atoms with Crippen molar-refractivity contribution in [2.45, 2.75) is 20.8 Å². The van der Waals surface area contributed by atoms with Gasteiger partial charge in [-0.3, -0.25) is 15.1 Å². The number of ether oxygens (including phenoxy) is 1. The van der Waals surface area contributed by atoms with Crippen LogP contribution in [0.15, 0.2) is 28.5 Å². The first-order valence-corrected chi connectivity index (χ1v) is 6.20. The van der Waals surface area contributed by atoms with Crippen molar-refractivity contribution >= 4 is 11.4 Å². The number of rotatable bonds is 7. The molecular formula is C12H18N4O3. The van der Waals surface area contributed by atoms with Gasteiger partial charge in [-0.25, -0.2) is 0 Å². The molecule has 1 aromatic rings. The molecule has 1 aromatic carbocycles. The third kappa shape index (κ3) is 4.20. The number of nitro groups is 1. The first kappa shape index (κ1) is 14.9. The minimum atomic E-state index is -0.487. The summed E-state index contributed by atoms with van der Waals surface area (Å²) in [5.74, 6) is 0.455. The van der Waals surface area contributed by atoms with Gasteiger partial charge in [0.2, 0.25) is 0 Å². The van der Waals surface area contributed by atoms with Crippen molar-refractivity contribution in [1.29, 1.82) is 0 Å². The van der Waals surface area contributed by atoms with Crippen LogP contribution >= 0.6 is 0 Å². The molecule has 0 saturated heterocycles. The van der Waals surface area contributed by atoms with Gasteiger partial charge in [-0.15, -0.1) is 5.11 Å². The van der Waals surface area contributed by atoms with Gasteiger partial charge < -0.3 is 4.74 Å². The Morgan fingerprint density at radius 2 is 2.00 bits per heavy atom. The van der Waals surface area contributed by atoms with Crippen molar-refractivity contribution < 1.29 is 9.66 Å². The second kappa shape index (κ2) is 7.30. The zero-order valence-electron chi connectivity index (χ0n) is 11.4. The smallest absolute Gasteiger partial charge is 0.300 e. The van der Waals surface area contributed by atoms with E-state index in [1.54, 1.807) is 11.1 Å². The fourth-order valence-electron chi connectivity index (χ4n) is 1.45. The van der Waals surface area contributed by atoms with Crippen molar-refractivity contribution in [1.82, 2.24) is 5.01 Å². The van der Waals surface area contributed by atoms with Crippen LogP contribution in [-0.2, 0) is 0 Å². The van der Waals surface area contributed by atoms with Crippen LogP contribution in [0.2, 0.25) is 0 Å². The molecule has 0 N–H and O–H groups in total. The summed E-state index contributed by atoms with van der Waals surface area (Å²) in [5, 5.41) is 20.6. The van der Waals surface area contributed by atoms with E-state index in [-0.39, 0.29) is 11.4 Å². The van der Waals surface area contributed by atoms with Gasteiger partial charge in [-0.05, 0) is 32.9 Å². The number of nitro benzene ring substituents is 1. The van der Waals surface area contributed by atoms with Gasteiger partial charge in [-0.2, -0.15) is 0 Å². The number of hydrogen-bond acceptors (Lipinski definition) is 5. The van der Waals surface area contributed by atoms with Crippen molar-refractivity contribution in [3.8, 4) is 5.75 Å². The average molecular weight is 266 g/mol. The molecule has 0 fully saturated rings. The second-order valence-electron chi connectivity index (χ2n) is 3.67. The highest BCUT2D eigenvalue weighted by atomic mass is 16.6. The zero-order chi connectivity index (χ0) is 14.3. The molecule has 104 valence electrons. The van der Waals surface area contributed by atoms with Crippen LogP contribution < -0.4 is 4.74 Å². The molecule has 1 rings (SSSR count). The molecule has 0 aliphatic rings. The van der Waals surface area contributed by atoms with E-state index in [9.17, 15) is 10.1 Å². The molecule has 0 bridgehead atoms. The molecule has 0 atom stereocenters. The van der Waals surface area contributed by atoms with Gasteiger partial charge in [-0.1, -0.05) is 5.22 Å². The Balaban J connectivity index is 3.03. The Morgan fingerprint density at radius 1 is 1.32 bits per heavy atom. The van der Waals surface area contributed by atoms with Gasteiger partial charge in [0.25, 0.3) is 5.69 Å². The van der Waals surface area contributed by atoms with E-state index in [0.717, 1.165) is 0 Å². The zero-order valence-corrected chi connectivity index (χ0v) is 11.4. The van der Waals surface area contributed by atoms with E-state index in [4.69, 9.17) is 4.74 Å². The summed E-state index contributed by atoms with van der Waals surface area (Å²) in [6.45, 7) is 7.55. The van der Waals surface area contributed by atoms with Crippen LogP contribution in [-0.4, -0.2) is 29.6 Å². The largest absolute Gasteiger partial charge is 0.494 e. The fraction of sp³-hybridized carbons (Fsp3) is 0.500. The first-order chi connectivity index (χ1) is 9.12. The topological polar surface area (TPSA) is 80.3 Å². The summed E-state index contributed by atoms with van der Waals surface area (Å²) in [7, 11) is 0. The van der Waals surface area contributed by atoms with E-state index in [0.29, 0.717) is 25.4 Å². The molecule has 0 aliphatic carbocycles. The molecule has 0 saturated carbocycles. The van der Waals surface area contributed by atoms with Crippen molar-refractivity contribution in [3.05, 3.63) is 28.3 Å². The highest BCUT2D eigenvalue weighted by Crippen LogP contribution is 2.31. The lowest BCUT2D eigenvalue weighted by Crippen LogP contribution is -2.14. The molecule has 7 heteroatoms. The van der Waals surface area contributed by atoms with E-state index in [1.807, 2.05) is 20.8 Å². The third-order valence-electron chi connectivity index (χ3n) is 2.46. The molecule has 0 unspecified atom stereocenters. The molecule has 0 spiro atoms. The Hall–Kier alpha value is -2.18. The van der Waals surface area contributed by atoms with Crippen LogP contribution in [0.1, 0.15) is 20.8 Å². The van der Waals surface area contributed by atoms with Crippen molar-refractivity contribution in [3.63, 3.8) is 0 Å². The maximum Gasteiger partial charge on any atom is 0.300 e. The molecule has 0 aliphatic heterocycles. The highest BCUT2D eigenvalue weighted by Gasteiger charge is 2.15. The lowest BCUT2D eigenvalue weighted by atomic mass is 10.2. The summed E-state index contributed by atoms with van der Waals surface area (Å²) < 4.78 is 5.23. The quantitative estimate of drug-likeness (QED) is 0.430. The molecule has 0 amide bonds. The van der Waals surface area contributed by atoms with Crippen LogP contribution in [0.4, 0.5) is 11.4 Å². The maximum absolute atomic E-state index is 11.0. The number of benzene rings is 1. The van der Waals surface area contributed by atoms with E-state index in [1.165, 1.54) is 12.1 Å². The Labute approximate surface area is 112 Å². The minimum absolute atomic E-state index is 0.109. The van der Waals surface area contributed by atoms with Crippen LogP contribution in [0.3, 0.4) is 0 Å². The molecule has 0 aromatic heterocycles. The Bertz CT molecular complexity index is 458. The van der Waals surface area contributed by atoms with Gasteiger partial charge in [0, 0.05) is 13.1 Å². The van der Waals surface area contributed by atoms with Gasteiger partial charge in [0.1, 0.15) is 5.75 Å². The molecule has 19 heavy (non-hydrogen) atoms. The lowest BCUT2D eigenvalue weighted by molar-refractivity contribution is -0.384. The minimum Gasteiger partial charge on any atom is -0.494 e. The third-order valence-corrected chi connectivity index (χ3v) is 2.46. The van der Waals surface area contributed by atoms with Gasteiger partial charge >= 0.3 is 0 Å².